The Morgan fingerprint density at radius 3 is 2.80 bits per heavy atom. The molecule has 4 nitrogen and oxygen atoms in total. The third-order valence-corrected chi connectivity index (χ3v) is 4.35. The highest BCUT2D eigenvalue weighted by Gasteiger charge is 2.29. The van der Waals surface area contributed by atoms with Crippen molar-refractivity contribution in [3.8, 4) is 0 Å². The number of carbonyl (C=O) groups excluding carboxylic acids is 1. The van der Waals surface area contributed by atoms with Crippen molar-refractivity contribution in [3.05, 3.63) is 29.8 Å². The number of hydrogen-bond donors (Lipinski definition) is 1. The molecule has 1 aromatic carbocycles. The predicted octanol–water partition coefficient (Wildman–Crippen LogP) is 1.61. The second-order valence-corrected chi connectivity index (χ2v) is 5.98. The number of para-hydroxylation sites is 1. The Bertz CT molecular complexity index is 498. The van der Waals surface area contributed by atoms with E-state index in [1.54, 1.807) is 0 Å². The summed E-state index contributed by atoms with van der Waals surface area (Å²) in [7, 11) is 2.12. The van der Waals surface area contributed by atoms with E-state index in [0.29, 0.717) is 6.04 Å². The van der Waals surface area contributed by atoms with Crippen LogP contribution in [0.3, 0.4) is 0 Å². The summed E-state index contributed by atoms with van der Waals surface area (Å²) in [6, 6.07) is 8.85. The number of benzene rings is 1. The zero-order chi connectivity index (χ0) is 14.1. The average Bonchev–Trinajstić information content (AvgIpc) is 3.27. The number of nitrogens with zero attached hydrogens (tertiary/aromatic N) is 2. The number of carbonyl (C=O) groups is 1. The van der Waals surface area contributed by atoms with Gasteiger partial charge in [-0.05, 0) is 31.4 Å². The van der Waals surface area contributed by atoms with Gasteiger partial charge in [0.1, 0.15) is 0 Å². The van der Waals surface area contributed by atoms with E-state index in [0.717, 1.165) is 32.5 Å². The summed E-state index contributed by atoms with van der Waals surface area (Å²) in [5.41, 5.74) is 2.59. The fraction of sp³-hybridized carbons (Fsp3) is 0.562. The minimum absolute atomic E-state index is 0.0600. The number of likely N-dealkylation sites (N-methyl/N-ethyl adjacent to an activating group) is 1. The molecule has 0 spiro atoms. The Hall–Kier alpha value is -1.55. The summed E-state index contributed by atoms with van der Waals surface area (Å²) < 4.78 is 0. The van der Waals surface area contributed by atoms with E-state index in [1.165, 1.54) is 11.3 Å². The SMILES string of the molecule is C[C@H](C(=O)NC1CC1)N1CCN(C)c2ccccc2C1. The Labute approximate surface area is 120 Å². The van der Waals surface area contributed by atoms with Gasteiger partial charge in [-0.1, -0.05) is 18.2 Å². The first kappa shape index (κ1) is 13.4. The molecule has 0 radical (unpaired) electrons. The van der Waals surface area contributed by atoms with Crippen molar-refractivity contribution in [1.29, 1.82) is 0 Å². The molecule has 1 saturated carbocycles. The zero-order valence-corrected chi connectivity index (χ0v) is 12.3. The topological polar surface area (TPSA) is 35.6 Å². The van der Waals surface area contributed by atoms with Crippen molar-refractivity contribution in [2.45, 2.75) is 38.4 Å². The van der Waals surface area contributed by atoms with Crippen LogP contribution in [0.1, 0.15) is 25.3 Å². The second kappa shape index (κ2) is 5.44. The third-order valence-electron chi connectivity index (χ3n) is 4.35. The number of anilines is 1. The van der Waals surface area contributed by atoms with E-state index in [9.17, 15) is 4.79 Å². The molecule has 1 aliphatic carbocycles. The molecule has 0 saturated heterocycles. The van der Waals surface area contributed by atoms with Crippen LogP contribution in [0.25, 0.3) is 0 Å². The molecule has 0 bridgehead atoms. The largest absolute Gasteiger partial charge is 0.373 e. The smallest absolute Gasteiger partial charge is 0.237 e. The van der Waals surface area contributed by atoms with Gasteiger partial charge in [-0.25, -0.2) is 0 Å². The minimum Gasteiger partial charge on any atom is -0.373 e. The molecule has 1 amide bonds. The van der Waals surface area contributed by atoms with Crippen molar-refractivity contribution >= 4 is 11.6 Å². The highest BCUT2D eigenvalue weighted by atomic mass is 16.2. The van der Waals surface area contributed by atoms with Gasteiger partial charge in [-0.2, -0.15) is 0 Å². The van der Waals surface area contributed by atoms with Gasteiger partial charge in [0.25, 0.3) is 0 Å². The highest BCUT2D eigenvalue weighted by molar-refractivity contribution is 5.82. The van der Waals surface area contributed by atoms with Crippen LogP contribution in [0.4, 0.5) is 5.69 Å². The molecule has 1 aliphatic heterocycles. The van der Waals surface area contributed by atoms with Gasteiger partial charge >= 0.3 is 0 Å². The van der Waals surface area contributed by atoms with Gasteiger partial charge in [-0.15, -0.1) is 0 Å². The quantitative estimate of drug-likeness (QED) is 0.909. The van der Waals surface area contributed by atoms with E-state index in [1.807, 2.05) is 6.92 Å². The first-order valence-corrected chi connectivity index (χ1v) is 7.48. The zero-order valence-electron chi connectivity index (χ0n) is 12.3. The van der Waals surface area contributed by atoms with Gasteiger partial charge in [0.2, 0.25) is 5.91 Å². The average molecular weight is 273 g/mol. The van der Waals surface area contributed by atoms with Crippen molar-refractivity contribution in [1.82, 2.24) is 10.2 Å². The molecule has 108 valence electrons. The molecule has 1 atom stereocenters. The van der Waals surface area contributed by atoms with E-state index in [-0.39, 0.29) is 11.9 Å². The van der Waals surface area contributed by atoms with Crippen LogP contribution in [0, 0.1) is 0 Å². The van der Waals surface area contributed by atoms with Crippen LogP contribution in [0.5, 0.6) is 0 Å². The molecule has 0 aromatic heterocycles. The lowest BCUT2D eigenvalue weighted by Crippen LogP contribution is -2.46. The van der Waals surface area contributed by atoms with Crippen molar-refractivity contribution < 1.29 is 4.79 Å². The summed E-state index contributed by atoms with van der Waals surface area (Å²) >= 11 is 0. The van der Waals surface area contributed by atoms with Crippen LogP contribution in [0.15, 0.2) is 24.3 Å². The molecule has 1 N–H and O–H groups in total. The Balaban J connectivity index is 1.73. The van der Waals surface area contributed by atoms with E-state index in [2.05, 4.69) is 46.4 Å². The molecule has 1 fully saturated rings. The van der Waals surface area contributed by atoms with Crippen molar-refractivity contribution in [2.24, 2.45) is 0 Å². The molecule has 4 heteroatoms. The van der Waals surface area contributed by atoms with E-state index in [4.69, 9.17) is 0 Å². The molecule has 0 unspecified atom stereocenters. The van der Waals surface area contributed by atoms with Crippen LogP contribution in [0.2, 0.25) is 0 Å². The molecular weight excluding hydrogens is 250 g/mol. The molecule has 1 aromatic rings. The van der Waals surface area contributed by atoms with E-state index < -0.39 is 0 Å². The van der Waals surface area contributed by atoms with Crippen LogP contribution < -0.4 is 10.2 Å². The number of nitrogens with one attached hydrogen (secondary N) is 1. The van der Waals surface area contributed by atoms with Crippen molar-refractivity contribution in [3.63, 3.8) is 0 Å². The lowest BCUT2D eigenvalue weighted by atomic mass is 10.1. The van der Waals surface area contributed by atoms with Crippen LogP contribution in [-0.2, 0) is 11.3 Å². The molecular formula is C16H23N3O. The fourth-order valence-electron chi connectivity index (χ4n) is 2.76. The molecule has 1 heterocycles. The summed E-state index contributed by atoms with van der Waals surface area (Å²) in [5.74, 6) is 0.175. The number of fused-ring (bicyclic) bond motifs is 1. The molecule has 3 rings (SSSR count). The van der Waals surface area contributed by atoms with Gasteiger partial charge in [-0.3, -0.25) is 9.69 Å². The van der Waals surface area contributed by atoms with Gasteiger partial charge in [0.05, 0.1) is 6.04 Å². The predicted molar refractivity (Wildman–Crippen MR) is 80.7 cm³/mol. The maximum absolute atomic E-state index is 12.2. The molecule has 20 heavy (non-hydrogen) atoms. The monoisotopic (exact) mass is 273 g/mol. The minimum atomic E-state index is -0.0600. The number of rotatable bonds is 3. The first-order valence-electron chi connectivity index (χ1n) is 7.48. The normalized spacial score (nSPS) is 21.0. The summed E-state index contributed by atoms with van der Waals surface area (Å²) in [4.78, 5) is 16.8. The summed E-state index contributed by atoms with van der Waals surface area (Å²) in [6.45, 7) is 4.74. The third kappa shape index (κ3) is 2.80. The highest BCUT2D eigenvalue weighted by Crippen LogP contribution is 2.25. The van der Waals surface area contributed by atoms with Gasteiger partial charge in [0.15, 0.2) is 0 Å². The maximum Gasteiger partial charge on any atom is 0.237 e. The lowest BCUT2D eigenvalue weighted by molar-refractivity contribution is -0.126. The Kier molecular flexibility index (Phi) is 3.66. The standard InChI is InChI=1S/C16H23N3O/c1-12(16(20)17-14-7-8-14)19-10-9-18(2)15-6-4-3-5-13(15)11-19/h3-6,12,14H,7-11H2,1-2H3,(H,17,20)/t12-/m1/s1. The van der Waals surface area contributed by atoms with Crippen molar-refractivity contribution in [2.75, 3.05) is 25.0 Å². The Morgan fingerprint density at radius 1 is 1.30 bits per heavy atom. The van der Waals surface area contributed by atoms with Gasteiger partial charge in [0, 0.05) is 38.4 Å². The Morgan fingerprint density at radius 2 is 2.05 bits per heavy atom. The summed E-state index contributed by atoms with van der Waals surface area (Å²) in [5, 5.41) is 3.11. The summed E-state index contributed by atoms with van der Waals surface area (Å²) in [6.07, 6.45) is 2.29. The number of hydrogen-bond acceptors (Lipinski definition) is 3. The van der Waals surface area contributed by atoms with Gasteiger partial charge < -0.3 is 10.2 Å². The number of amides is 1. The van der Waals surface area contributed by atoms with E-state index >= 15 is 0 Å². The second-order valence-electron chi connectivity index (χ2n) is 5.98. The first-order chi connectivity index (χ1) is 9.65. The van der Waals surface area contributed by atoms with Crippen LogP contribution >= 0.6 is 0 Å². The maximum atomic E-state index is 12.2. The van der Waals surface area contributed by atoms with Crippen LogP contribution in [-0.4, -0.2) is 43.0 Å². The molecule has 2 aliphatic rings. The lowest BCUT2D eigenvalue weighted by Gasteiger charge is -2.26. The fourth-order valence-corrected chi connectivity index (χ4v) is 2.76.